The smallest absolute Gasteiger partial charge is 0.450 e. The Bertz CT molecular complexity index is 1600. The van der Waals surface area contributed by atoms with Crippen LogP contribution >= 0.6 is 11.8 Å². The number of nitrogens with one attached hydrogen (secondary N) is 3. The van der Waals surface area contributed by atoms with Crippen molar-refractivity contribution in [2.24, 2.45) is 0 Å². The molecule has 5 amide bonds. The summed E-state index contributed by atoms with van der Waals surface area (Å²) in [5.41, 5.74) is 1.87. The Labute approximate surface area is 352 Å². The van der Waals surface area contributed by atoms with E-state index >= 15 is 0 Å². The van der Waals surface area contributed by atoms with Crippen LogP contribution < -0.4 is 16.0 Å². The van der Waals surface area contributed by atoms with Gasteiger partial charge in [0.2, 0.25) is 29.5 Å². The lowest BCUT2D eigenvalue weighted by atomic mass is 10.2. The Morgan fingerprint density at radius 3 is 2.03 bits per heavy atom. The highest BCUT2D eigenvalue weighted by molar-refractivity contribution is 8.00. The fourth-order valence-electron chi connectivity index (χ4n) is 5.40. The van der Waals surface area contributed by atoms with E-state index in [-0.39, 0.29) is 62.4 Å². The summed E-state index contributed by atoms with van der Waals surface area (Å²) in [6.45, 7) is 4.50. The zero-order valence-corrected chi connectivity index (χ0v) is 34.8. The summed E-state index contributed by atoms with van der Waals surface area (Å²) in [6.07, 6.45) is 4.76. The first-order valence-corrected chi connectivity index (χ1v) is 20.9. The van der Waals surface area contributed by atoms with Crippen LogP contribution in [0.2, 0.25) is 0 Å². The zero-order chi connectivity index (χ0) is 43.2. The number of hydrogen-bond acceptors (Lipinski definition) is 16. The number of hydrogen-bond donors (Lipinski definition) is 4. The average Bonchev–Trinajstić information content (AvgIpc) is 3.80. The maximum atomic E-state index is 12.3. The molecule has 1 unspecified atom stereocenters. The molecule has 3 rings (SSSR count). The molecule has 1 aromatic heterocycles. The van der Waals surface area contributed by atoms with Gasteiger partial charge in [-0.1, -0.05) is 23.8 Å². The third-order valence-electron chi connectivity index (χ3n) is 8.51. The molecule has 0 aliphatic carbocycles. The fraction of sp³-hybridized carbons (Fsp3) is 0.632. The second kappa shape index (κ2) is 30.3. The molecule has 1 aliphatic heterocycles. The van der Waals surface area contributed by atoms with Crippen LogP contribution in [0.25, 0.3) is 0 Å². The molecule has 1 aliphatic rings. The van der Waals surface area contributed by atoms with Gasteiger partial charge in [0.1, 0.15) is 19.8 Å². The number of aromatic nitrogens is 3. The Hall–Kier alpha value is -4.71. The molecule has 334 valence electrons. The van der Waals surface area contributed by atoms with Crippen LogP contribution in [0.4, 0.5) is 10.5 Å². The highest BCUT2D eigenvalue weighted by Gasteiger charge is 2.37. The first-order valence-electron chi connectivity index (χ1n) is 19.6. The Balaban J connectivity index is 1.03. The minimum Gasteiger partial charge on any atom is -0.450 e. The van der Waals surface area contributed by atoms with Gasteiger partial charge in [0.05, 0.1) is 96.3 Å². The molecule has 0 radical (unpaired) electrons. The number of carbonyl (C=O) groups excluding carboxylic acids is 5. The second-order valence-corrected chi connectivity index (χ2v) is 14.1. The maximum absolute atomic E-state index is 12.3. The number of rotatable bonds is 34. The van der Waals surface area contributed by atoms with Gasteiger partial charge in [0.25, 0.3) is 0 Å². The van der Waals surface area contributed by atoms with Gasteiger partial charge in [-0.3, -0.25) is 28.9 Å². The van der Waals surface area contributed by atoms with Crippen LogP contribution in [-0.4, -0.2) is 165 Å². The van der Waals surface area contributed by atoms with E-state index in [1.165, 1.54) is 16.7 Å². The van der Waals surface area contributed by atoms with E-state index < -0.39 is 18.0 Å². The van der Waals surface area contributed by atoms with E-state index in [1.807, 2.05) is 6.26 Å². The van der Waals surface area contributed by atoms with Gasteiger partial charge in [-0.2, -0.15) is 11.8 Å². The fourth-order valence-corrected chi connectivity index (χ4v) is 6.03. The third kappa shape index (κ3) is 21.5. The van der Waals surface area contributed by atoms with Crippen molar-refractivity contribution < 1.29 is 67.0 Å². The number of nitrogens with zero attached hydrogens (tertiary/aromatic N) is 4. The first kappa shape index (κ1) is 49.7. The van der Waals surface area contributed by atoms with Crippen LogP contribution in [0.1, 0.15) is 43.4 Å². The standard InChI is InChI=1S/C38H57N7O14S/c1-60-32-23-36(49)44(37(32)50)11-4-2-3-5-33(46)40-24-31-25-41-43-45(31)12-14-54-16-18-56-20-22-57-21-19-55-17-15-53-13-10-39-34(47)27-58-28-35(48)42-30-8-6-29(7-9-30)26-59-38(51)52/h6-9,25,32H,2-5,10-24,26-28H2,1H3,(H,39,47)(H,40,46)(H,42,48)(H,51,52). The topological polar surface area (TPSA) is 257 Å². The maximum Gasteiger partial charge on any atom is 0.506 e. The summed E-state index contributed by atoms with van der Waals surface area (Å²) >= 11 is 1.40. The molecule has 1 saturated heterocycles. The lowest BCUT2D eigenvalue weighted by molar-refractivity contribution is -0.138. The number of carboxylic acid groups (broad SMARTS) is 1. The molecular formula is C38H57N7O14S. The first-order chi connectivity index (χ1) is 29.2. The van der Waals surface area contributed by atoms with Gasteiger partial charge in [-0.05, 0) is 36.8 Å². The summed E-state index contributed by atoms with van der Waals surface area (Å²) in [6, 6.07) is 6.42. The quantitative estimate of drug-likeness (QED) is 0.0435. The second-order valence-electron chi connectivity index (χ2n) is 13.1. The highest BCUT2D eigenvalue weighted by atomic mass is 32.2. The summed E-state index contributed by atoms with van der Waals surface area (Å²) in [5, 5.41) is 24.4. The number of amides is 5. The molecule has 0 bridgehead atoms. The number of thioether (sulfide) groups is 1. The summed E-state index contributed by atoms with van der Waals surface area (Å²) < 4.78 is 38.8. The van der Waals surface area contributed by atoms with E-state index in [4.69, 9.17) is 33.5 Å². The largest absolute Gasteiger partial charge is 0.506 e. The van der Waals surface area contributed by atoms with Gasteiger partial charge in [0.15, 0.2) is 0 Å². The summed E-state index contributed by atoms with van der Waals surface area (Å²) in [5.74, 6) is -1.15. The van der Waals surface area contributed by atoms with Crippen molar-refractivity contribution in [1.82, 2.24) is 30.5 Å². The number of ether oxygens (including phenoxy) is 7. The van der Waals surface area contributed by atoms with E-state index in [9.17, 15) is 28.8 Å². The number of likely N-dealkylation sites (tertiary alicyclic amines) is 1. The van der Waals surface area contributed by atoms with Crippen LogP contribution in [0.3, 0.4) is 0 Å². The van der Waals surface area contributed by atoms with Crippen LogP contribution in [0.15, 0.2) is 30.5 Å². The lowest BCUT2D eigenvalue weighted by Crippen LogP contribution is -2.32. The molecule has 60 heavy (non-hydrogen) atoms. The lowest BCUT2D eigenvalue weighted by Gasteiger charge is -2.14. The molecule has 1 fully saturated rings. The van der Waals surface area contributed by atoms with E-state index in [0.29, 0.717) is 110 Å². The molecule has 1 aromatic carbocycles. The van der Waals surface area contributed by atoms with Gasteiger partial charge < -0.3 is 54.2 Å². The Kier molecular flexibility index (Phi) is 25.1. The average molecular weight is 868 g/mol. The number of benzene rings is 1. The Morgan fingerprint density at radius 1 is 0.767 bits per heavy atom. The molecule has 0 saturated carbocycles. The SMILES string of the molecule is CSC1CC(=O)N(CCCCCC(=O)NCc2cnnn2CCOCCOCCOCCOCCOCCNC(=O)COCC(=O)Nc2ccc(COC(=O)O)cc2)C1=O. The predicted molar refractivity (Wildman–Crippen MR) is 215 cm³/mol. The third-order valence-corrected chi connectivity index (χ3v) is 9.44. The van der Waals surface area contributed by atoms with Crippen LogP contribution in [0, 0.1) is 0 Å². The van der Waals surface area contributed by atoms with E-state index in [0.717, 1.165) is 12.1 Å². The van der Waals surface area contributed by atoms with E-state index in [1.54, 1.807) is 35.1 Å². The van der Waals surface area contributed by atoms with Gasteiger partial charge in [-0.25, -0.2) is 9.48 Å². The molecular weight excluding hydrogens is 811 g/mol. The number of unbranched alkanes of at least 4 members (excludes halogenated alkanes) is 2. The molecule has 4 N–H and O–H groups in total. The van der Waals surface area contributed by atoms with Crippen molar-refractivity contribution in [3.63, 3.8) is 0 Å². The molecule has 22 heteroatoms. The van der Waals surface area contributed by atoms with E-state index in [2.05, 4.69) is 31.0 Å². The normalized spacial score (nSPS) is 13.8. The van der Waals surface area contributed by atoms with Crippen molar-refractivity contribution in [2.45, 2.75) is 57.1 Å². The van der Waals surface area contributed by atoms with Gasteiger partial charge >= 0.3 is 6.16 Å². The summed E-state index contributed by atoms with van der Waals surface area (Å²) in [4.78, 5) is 72.2. The summed E-state index contributed by atoms with van der Waals surface area (Å²) in [7, 11) is 0. The van der Waals surface area contributed by atoms with Crippen LogP contribution in [-0.2, 0) is 76.8 Å². The molecule has 1 atom stereocenters. The van der Waals surface area contributed by atoms with Crippen molar-refractivity contribution in [2.75, 3.05) is 104 Å². The minimum absolute atomic E-state index is 0.0886. The molecule has 21 nitrogen and oxygen atoms in total. The van der Waals surface area contributed by atoms with Crippen molar-refractivity contribution in [3.8, 4) is 0 Å². The zero-order valence-electron chi connectivity index (χ0n) is 34.0. The van der Waals surface area contributed by atoms with Crippen LogP contribution in [0.5, 0.6) is 0 Å². The Morgan fingerprint density at radius 2 is 1.40 bits per heavy atom. The molecule has 2 heterocycles. The van der Waals surface area contributed by atoms with Gasteiger partial charge in [0, 0.05) is 31.6 Å². The number of anilines is 1. The monoisotopic (exact) mass is 867 g/mol. The van der Waals surface area contributed by atoms with Crippen molar-refractivity contribution in [1.29, 1.82) is 0 Å². The molecule has 2 aromatic rings. The predicted octanol–water partition coefficient (Wildman–Crippen LogP) is 0.994. The number of imide groups is 1. The van der Waals surface area contributed by atoms with Gasteiger partial charge in [-0.15, -0.1) is 5.10 Å². The minimum atomic E-state index is -1.37. The highest BCUT2D eigenvalue weighted by Crippen LogP contribution is 2.23. The van der Waals surface area contributed by atoms with Crippen molar-refractivity contribution >= 4 is 53.1 Å². The van der Waals surface area contributed by atoms with Crippen molar-refractivity contribution in [3.05, 3.63) is 41.7 Å². The molecule has 0 spiro atoms. The number of carbonyl (C=O) groups is 6.